The highest BCUT2D eigenvalue weighted by molar-refractivity contribution is 5.78. The normalized spacial score (nSPS) is 26.1. The van der Waals surface area contributed by atoms with E-state index in [0.717, 1.165) is 19.4 Å². The summed E-state index contributed by atoms with van der Waals surface area (Å²) in [6.45, 7) is 1.53. The molecule has 0 saturated carbocycles. The van der Waals surface area contributed by atoms with Crippen molar-refractivity contribution in [3.63, 3.8) is 0 Å². The number of alkyl halides is 3. The Morgan fingerprint density at radius 1 is 1.44 bits per heavy atom. The van der Waals surface area contributed by atoms with Gasteiger partial charge in [0.2, 0.25) is 5.91 Å². The molecule has 2 N–H and O–H groups in total. The molecule has 1 aliphatic heterocycles. The molecule has 2 atom stereocenters. The molecule has 0 bridgehead atoms. The maximum absolute atomic E-state index is 11.9. The zero-order valence-electron chi connectivity index (χ0n) is 10.7. The summed E-state index contributed by atoms with van der Waals surface area (Å²) in [6.07, 6.45) is -2.60. The number of hydrogen-bond acceptors (Lipinski definition) is 3. The van der Waals surface area contributed by atoms with Gasteiger partial charge in [0.25, 0.3) is 0 Å². The molecule has 4 nitrogen and oxygen atoms in total. The minimum atomic E-state index is -4.28. The Hall–Kier alpha value is -0.820. The van der Waals surface area contributed by atoms with Crippen LogP contribution in [-0.4, -0.2) is 55.7 Å². The highest BCUT2D eigenvalue weighted by Crippen LogP contribution is 2.15. The van der Waals surface area contributed by atoms with Crippen molar-refractivity contribution in [3.8, 4) is 0 Å². The second-order valence-electron chi connectivity index (χ2n) is 4.84. The molecule has 1 heterocycles. The summed E-state index contributed by atoms with van der Waals surface area (Å²) in [4.78, 5) is 13.6. The number of nitrogens with one attached hydrogen (secondary N) is 2. The molecular formula is C11H20F3N3O. The van der Waals surface area contributed by atoms with Gasteiger partial charge in [0, 0.05) is 18.6 Å². The first-order valence-corrected chi connectivity index (χ1v) is 6.05. The third-order valence-corrected chi connectivity index (χ3v) is 3.18. The molecule has 0 aromatic rings. The van der Waals surface area contributed by atoms with E-state index < -0.39 is 12.7 Å². The topological polar surface area (TPSA) is 44.4 Å². The lowest BCUT2D eigenvalue weighted by atomic mass is 9.99. The third kappa shape index (κ3) is 5.68. The van der Waals surface area contributed by atoms with Crippen LogP contribution in [0.3, 0.4) is 0 Å². The van der Waals surface area contributed by atoms with Gasteiger partial charge in [-0.05, 0) is 26.8 Å². The number of nitrogens with zero attached hydrogens (tertiary/aromatic N) is 1. The Balaban J connectivity index is 2.20. The number of likely N-dealkylation sites (tertiary alicyclic amines) is 1. The van der Waals surface area contributed by atoms with Crippen molar-refractivity contribution >= 4 is 5.91 Å². The molecule has 1 amide bonds. The molecular weight excluding hydrogens is 247 g/mol. The van der Waals surface area contributed by atoms with Crippen LogP contribution in [0, 0.1) is 0 Å². The molecule has 1 saturated heterocycles. The van der Waals surface area contributed by atoms with Gasteiger partial charge in [-0.2, -0.15) is 13.2 Å². The standard InChI is InChI=1S/C11H20F3N3O/c1-8-5-9(3-4-17(8)2)16-10(18)6-15-7-11(12,13)14/h8-9,15H,3-7H2,1-2H3,(H,16,18). The minimum Gasteiger partial charge on any atom is -0.352 e. The summed E-state index contributed by atoms with van der Waals surface area (Å²) in [5.41, 5.74) is 0. The van der Waals surface area contributed by atoms with Crippen LogP contribution >= 0.6 is 0 Å². The predicted molar refractivity (Wildman–Crippen MR) is 62.2 cm³/mol. The molecule has 0 radical (unpaired) electrons. The van der Waals surface area contributed by atoms with Crippen molar-refractivity contribution in [2.75, 3.05) is 26.7 Å². The average Bonchev–Trinajstić information content (AvgIpc) is 2.21. The number of rotatable bonds is 4. The number of carbonyl (C=O) groups excluding carboxylic acids is 1. The highest BCUT2D eigenvalue weighted by Gasteiger charge is 2.27. The lowest BCUT2D eigenvalue weighted by Crippen LogP contribution is -2.49. The van der Waals surface area contributed by atoms with E-state index in [1.165, 1.54) is 0 Å². The lowest BCUT2D eigenvalue weighted by Gasteiger charge is -2.35. The zero-order chi connectivity index (χ0) is 13.8. The van der Waals surface area contributed by atoms with Gasteiger partial charge in [-0.3, -0.25) is 4.79 Å². The maximum Gasteiger partial charge on any atom is 0.401 e. The van der Waals surface area contributed by atoms with Crippen LogP contribution in [0.1, 0.15) is 19.8 Å². The van der Waals surface area contributed by atoms with Crippen molar-refractivity contribution in [2.24, 2.45) is 0 Å². The van der Waals surface area contributed by atoms with Crippen molar-refractivity contribution in [1.82, 2.24) is 15.5 Å². The van der Waals surface area contributed by atoms with Crippen LogP contribution in [0.4, 0.5) is 13.2 Å². The Morgan fingerprint density at radius 3 is 2.67 bits per heavy atom. The summed E-state index contributed by atoms with van der Waals surface area (Å²) >= 11 is 0. The smallest absolute Gasteiger partial charge is 0.352 e. The first kappa shape index (κ1) is 15.2. The predicted octanol–water partition coefficient (Wildman–Crippen LogP) is 0.737. The van der Waals surface area contributed by atoms with Crippen molar-refractivity contribution in [2.45, 2.75) is 38.0 Å². The van der Waals surface area contributed by atoms with Gasteiger partial charge in [-0.25, -0.2) is 0 Å². The lowest BCUT2D eigenvalue weighted by molar-refractivity contribution is -0.128. The number of carbonyl (C=O) groups is 1. The molecule has 0 aliphatic carbocycles. The fourth-order valence-electron chi connectivity index (χ4n) is 2.02. The summed E-state index contributed by atoms with van der Waals surface area (Å²) in [6, 6.07) is 0.448. The second kappa shape index (κ2) is 6.38. The zero-order valence-corrected chi connectivity index (χ0v) is 10.7. The van der Waals surface area contributed by atoms with Crippen LogP contribution in [0.2, 0.25) is 0 Å². The summed E-state index contributed by atoms with van der Waals surface area (Å²) in [5.74, 6) is -0.374. The molecule has 0 aromatic carbocycles. The first-order valence-electron chi connectivity index (χ1n) is 6.05. The monoisotopic (exact) mass is 267 g/mol. The van der Waals surface area contributed by atoms with E-state index in [2.05, 4.69) is 22.5 Å². The average molecular weight is 267 g/mol. The minimum absolute atomic E-state index is 0.0661. The third-order valence-electron chi connectivity index (χ3n) is 3.18. The quantitative estimate of drug-likeness (QED) is 0.789. The molecule has 0 aromatic heterocycles. The van der Waals surface area contributed by atoms with Gasteiger partial charge in [-0.15, -0.1) is 0 Å². The van der Waals surface area contributed by atoms with Crippen LogP contribution in [0.15, 0.2) is 0 Å². The van der Waals surface area contributed by atoms with E-state index in [-0.39, 0.29) is 18.5 Å². The Labute approximate surface area is 105 Å². The molecule has 18 heavy (non-hydrogen) atoms. The fraction of sp³-hybridized carbons (Fsp3) is 0.909. The summed E-state index contributed by atoms with van der Waals surface area (Å²) < 4.78 is 35.6. The molecule has 1 fully saturated rings. The van der Waals surface area contributed by atoms with Crippen LogP contribution in [-0.2, 0) is 4.79 Å². The summed E-state index contributed by atoms with van der Waals surface area (Å²) in [5, 5.41) is 4.85. The van der Waals surface area contributed by atoms with E-state index in [1.807, 2.05) is 7.05 Å². The van der Waals surface area contributed by atoms with E-state index in [1.54, 1.807) is 0 Å². The first-order chi connectivity index (χ1) is 8.28. The number of halogens is 3. The van der Waals surface area contributed by atoms with E-state index >= 15 is 0 Å². The van der Waals surface area contributed by atoms with Gasteiger partial charge >= 0.3 is 6.18 Å². The van der Waals surface area contributed by atoms with Crippen molar-refractivity contribution in [1.29, 1.82) is 0 Å². The van der Waals surface area contributed by atoms with E-state index in [9.17, 15) is 18.0 Å². The molecule has 2 unspecified atom stereocenters. The van der Waals surface area contributed by atoms with Crippen molar-refractivity contribution in [3.05, 3.63) is 0 Å². The fourth-order valence-corrected chi connectivity index (χ4v) is 2.02. The molecule has 1 rings (SSSR count). The molecule has 0 spiro atoms. The Bertz CT molecular complexity index is 283. The van der Waals surface area contributed by atoms with Crippen molar-refractivity contribution < 1.29 is 18.0 Å². The molecule has 7 heteroatoms. The highest BCUT2D eigenvalue weighted by atomic mass is 19.4. The van der Waals surface area contributed by atoms with Gasteiger partial charge in [0.15, 0.2) is 0 Å². The number of amides is 1. The Morgan fingerprint density at radius 2 is 2.11 bits per heavy atom. The largest absolute Gasteiger partial charge is 0.401 e. The van der Waals surface area contributed by atoms with Crippen LogP contribution in [0.5, 0.6) is 0 Å². The van der Waals surface area contributed by atoms with Gasteiger partial charge < -0.3 is 15.5 Å². The van der Waals surface area contributed by atoms with E-state index in [4.69, 9.17) is 0 Å². The van der Waals surface area contributed by atoms with Crippen LogP contribution < -0.4 is 10.6 Å². The SMILES string of the molecule is CC1CC(NC(=O)CNCC(F)(F)F)CCN1C. The van der Waals surface area contributed by atoms with Gasteiger partial charge in [-0.1, -0.05) is 0 Å². The van der Waals surface area contributed by atoms with Gasteiger partial charge in [0.05, 0.1) is 13.1 Å². The molecule has 106 valence electrons. The Kier molecular flexibility index (Phi) is 5.40. The maximum atomic E-state index is 11.9. The van der Waals surface area contributed by atoms with Gasteiger partial charge in [0.1, 0.15) is 0 Å². The number of hydrogen-bond donors (Lipinski definition) is 2. The van der Waals surface area contributed by atoms with Crippen LogP contribution in [0.25, 0.3) is 0 Å². The second-order valence-corrected chi connectivity index (χ2v) is 4.84. The number of piperidine rings is 1. The van der Waals surface area contributed by atoms with E-state index in [0.29, 0.717) is 6.04 Å². The summed E-state index contributed by atoms with van der Waals surface area (Å²) in [7, 11) is 2.02. The molecule has 1 aliphatic rings.